The monoisotopic (exact) mass is 395 g/mol. The van der Waals surface area contributed by atoms with Crippen molar-refractivity contribution in [1.82, 2.24) is 14.5 Å². The van der Waals surface area contributed by atoms with Gasteiger partial charge >= 0.3 is 0 Å². The molecule has 0 bridgehead atoms. The summed E-state index contributed by atoms with van der Waals surface area (Å²) >= 11 is 0. The van der Waals surface area contributed by atoms with Crippen LogP contribution in [0.25, 0.3) is 22.2 Å². The number of aromatic nitrogens is 3. The minimum atomic E-state index is -0.239. The van der Waals surface area contributed by atoms with E-state index in [0.717, 1.165) is 36.7 Å². The Morgan fingerprint density at radius 1 is 0.967 bits per heavy atom. The highest BCUT2D eigenvalue weighted by atomic mass is 16.1. The van der Waals surface area contributed by atoms with Gasteiger partial charge in [0.05, 0.1) is 11.0 Å². The average molecular weight is 395 g/mol. The third-order valence-corrected chi connectivity index (χ3v) is 5.81. The quantitative estimate of drug-likeness (QED) is 0.516. The highest BCUT2D eigenvalue weighted by molar-refractivity contribution is 6.06. The molecule has 0 unspecified atom stereocenters. The van der Waals surface area contributed by atoms with Gasteiger partial charge in [0, 0.05) is 11.6 Å². The van der Waals surface area contributed by atoms with Crippen LogP contribution in [0.15, 0.2) is 54.6 Å². The molecule has 0 radical (unpaired) electrons. The largest absolute Gasteiger partial charge is 0.307 e. The van der Waals surface area contributed by atoms with Gasteiger partial charge < -0.3 is 9.88 Å². The Morgan fingerprint density at radius 3 is 2.33 bits per heavy atom. The number of para-hydroxylation sites is 2. The van der Waals surface area contributed by atoms with Gasteiger partial charge in [-0.05, 0) is 37.1 Å². The Morgan fingerprint density at radius 2 is 1.63 bits per heavy atom. The normalized spacial score (nSPS) is 14.6. The van der Waals surface area contributed by atoms with Crippen LogP contribution in [0.4, 0.5) is 5.82 Å². The van der Waals surface area contributed by atoms with E-state index < -0.39 is 0 Å². The molecular weight excluding hydrogens is 374 g/mol. The Kier molecular flexibility index (Phi) is 4.64. The molecule has 1 amide bonds. The highest BCUT2D eigenvalue weighted by Crippen LogP contribution is 2.38. The summed E-state index contributed by atoms with van der Waals surface area (Å²) in [4.78, 5) is 22.6. The fourth-order valence-corrected chi connectivity index (χ4v) is 4.36. The molecule has 0 aliphatic heterocycles. The molecule has 148 valence electrons. The Bertz CT molecular complexity index is 1280. The second-order valence-electron chi connectivity index (χ2n) is 7.70. The predicted molar refractivity (Wildman–Crippen MR) is 116 cm³/mol. The number of benzene rings is 2. The molecule has 1 aliphatic carbocycles. The van der Waals surface area contributed by atoms with Gasteiger partial charge in [0.25, 0.3) is 5.91 Å². The van der Waals surface area contributed by atoms with Crippen LogP contribution in [-0.4, -0.2) is 20.4 Å². The fraction of sp³-hybridized carbons (Fsp3) is 0.250. The first-order chi connectivity index (χ1) is 14.8. The minimum absolute atomic E-state index is 0.185. The lowest BCUT2D eigenvalue weighted by atomic mass is 9.95. The van der Waals surface area contributed by atoms with Gasteiger partial charge in [0.1, 0.15) is 23.0 Å². The van der Waals surface area contributed by atoms with Crippen molar-refractivity contribution >= 4 is 33.9 Å². The van der Waals surface area contributed by atoms with Crippen LogP contribution in [0.3, 0.4) is 0 Å². The van der Waals surface area contributed by atoms with Crippen molar-refractivity contribution in [1.29, 1.82) is 5.26 Å². The van der Waals surface area contributed by atoms with Crippen LogP contribution in [0, 0.1) is 11.3 Å². The Hall–Kier alpha value is -3.72. The highest BCUT2D eigenvalue weighted by Gasteiger charge is 2.27. The number of carbonyl (C=O) groups excluding carboxylic acids is 1. The van der Waals surface area contributed by atoms with E-state index >= 15 is 0 Å². The summed E-state index contributed by atoms with van der Waals surface area (Å²) in [7, 11) is 0. The molecule has 1 saturated carbocycles. The van der Waals surface area contributed by atoms with Crippen LogP contribution in [0.1, 0.15) is 54.1 Å². The standard InChI is InChI=1S/C24H21N5O/c25-15-18-21-23(27-20-14-8-7-13-19(20)26-21)29(17-11-5-2-6-12-17)22(18)28-24(30)16-9-3-1-4-10-16/h1,3-4,7-10,13-14,17H,2,5-6,11-12H2,(H,28,30). The van der Waals surface area contributed by atoms with Gasteiger partial charge in [-0.2, -0.15) is 5.26 Å². The Balaban J connectivity index is 1.73. The summed E-state index contributed by atoms with van der Waals surface area (Å²) in [5.74, 6) is 0.264. The number of carbonyl (C=O) groups is 1. The lowest BCUT2D eigenvalue weighted by molar-refractivity contribution is 0.102. The zero-order chi connectivity index (χ0) is 20.5. The number of rotatable bonds is 3. The first-order valence-corrected chi connectivity index (χ1v) is 10.3. The molecule has 1 fully saturated rings. The van der Waals surface area contributed by atoms with Gasteiger partial charge in [-0.15, -0.1) is 0 Å². The first kappa shape index (κ1) is 18.3. The third-order valence-electron chi connectivity index (χ3n) is 5.81. The van der Waals surface area contributed by atoms with Crippen molar-refractivity contribution in [2.75, 3.05) is 5.32 Å². The summed E-state index contributed by atoms with van der Waals surface area (Å²) in [5, 5.41) is 13.0. The third kappa shape index (κ3) is 3.09. The van der Waals surface area contributed by atoms with Gasteiger partial charge in [-0.3, -0.25) is 4.79 Å². The van der Waals surface area contributed by atoms with Gasteiger partial charge in [-0.1, -0.05) is 49.6 Å². The van der Waals surface area contributed by atoms with Crippen molar-refractivity contribution < 1.29 is 4.79 Å². The molecule has 1 N–H and O–H groups in total. The molecule has 1 aliphatic rings. The van der Waals surface area contributed by atoms with Crippen LogP contribution in [0.5, 0.6) is 0 Å². The van der Waals surface area contributed by atoms with Gasteiger partial charge in [0.15, 0.2) is 5.65 Å². The minimum Gasteiger partial charge on any atom is -0.307 e. The lowest BCUT2D eigenvalue weighted by Gasteiger charge is -2.26. The number of fused-ring (bicyclic) bond motifs is 2. The number of amides is 1. The van der Waals surface area contributed by atoms with E-state index in [1.54, 1.807) is 12.1 Å². The number of nitriles is 1. The van der Waals surface area contributed by atoms with Gasteiger partial charge in [0.2, 0.25) is 0 Å². The van der Waals surface area contributed by atoms with E-state index in [1.165, 1.54) is 6.42 Å². The lowest BCUT2D eigenvalue weighted by Crippen LogP contribution is -2.20. The maximum atomic E-state index is 13.0. The predicted octanol–water partition coefficient (Wildman–Crippen LogP) is 5.21. The summed E-state index contributed by atoms with van der Waals surface area (Å²) in [5.41, 5.74) is 3.66. The van der Waals surface area contributed by atoms with E-state index in [-0.39, 0.29) is 11.9 Å². The Labute approximate surface area is 174 Å². The van der Waals surface area contributed by atoms with E-state index in [2.05, 4.69) is 11.4 Å². The number of nitrogens with one attached hydrogen (secondary N) is 1. The number of anilines is 1. The molecule has 30 heavy (non-hydrogen) atoms. The zero-order valence-electron chi connectivity index (χ0n) is 16.5. The molecule has 6 nitrogen and oxygen atoms in total. The summed E-state index contributed by atoms with van der Waals surface area (Å²) < 4.78 is 2.05. The molecule has 2 aromatic heterocycles. The fourth-order valence-electron chi connectivity index (χ4n) is 4.36. The number of nitrogens with zero attached hydrogens (tertiary/aromatic N) is 4. The molecule has 4 aromatic rings. The van der Waals surface area contributed by atoms with Crippen LogP contribution >= 0.6 is 0 Å². The smallest absolute Gasteiger partial charge is 0.256 e. The van der Waals surface area contributed by atoms with Crippen molar-refractivity contribution in [2.24, 2.45) is 0 Å². The van der Waals surface area contributed by atoms with E-state index in [0.29, 0.717) is 28.1 Å². The molecule has 5 rings (SSSR count). The maximum Gasteiger partial charge on any atom is 0.256 e. The molecule has 2 aromatic carbocycles. The number of hydrogen-bond donors (Lipinski definition) is 1. The maximum absolute atomic E-state index is 13.0. The van der Waals surface area contributed by atoms with E-state index in [4.69, 9.17) is 9.97 Å². The molecule has 2 heterocycles. The van der Waals surface area contributed by atoms with Crippen molar-refractivity contribution in [3.05, 3.63) is 65.7 Å². The van der Waals surface area contributed by atoms with Crippen molar-refractivity contribution in [3.63, 3.8) is 0 Å². The van der Waals surface area contributed by atoms with E-state index in [1.807, 2.05) is 47.0 Å². The molecule has 6 heteroatoms. The van der Waals surface area contributed by atoms with Crippen molar-refractivity contribution in [2.45, 2.75) is 38.1 Å². The molecule has 0 saturated heterocycles. The van der Waals surface area contributed by atoms with E-state index in [9.17, 15) is 10.1 Å². The van der Waals surface area contributed by atoms with Crippen LogP contribution in [0.2, 0.25) is 0 Å². The SMILES string of the molecule is N#Cc1c(NC(=O)c2ccccc2)n(C2CCCCC2)c2nc3ccccc3nc12. The molecular formula is C24H21N5O. The topological polar surface area (TPSA) is 83.6 Å². The van der Waals surface area contributed by atoms with Crippen LogP contribution < -0.4 is 5.32 Å². The summed E-state index contributed by atoms with van der Waals surface area (Å²) in [6.45, 7) is 0. The van der Waals surface area contributed by atoms with Crippen molar-refractivity contribution in [3.8, 4) is 6.07 Å². The summed E-state index contributed by atoms with van der Waals surface area (Å²) in [6.07, 6.45) is 5.45. The average Bonchev–Trinajstić information content (AvgIpc) is 3.10. The first-order valence-electron chi connectivity index (χ1n) is 10.3. The van der Waals surface area contributed by atoms with Crippen LogP contribution in [-0.2, 0) is 0 Å². The summed E-state index contributed by atoms with van der Waals surface area (Å²) in [6, 6.07) is 19.2. The molecule has 0 atom stereocenters. The number of hydrogen-bond acceptors (Lipinski definition) is 4. The molecule has 0 spiro atoms. The van der Waals surface area contributed by atoms with Gasteiger partial charge in [-0.25, -0.2) is 9.97 Å². The second kappa shape index (κ2) is 7.60. The zero-order valence-corrected chi connectivity index (χ0v) is 16.5. The second-order valence-corrected chi connectivity index (χ2v) is 7.70.